The minimum absolute atomic E-state index is 0.0868. The van der Waals surface area contributed by atoms with E-state index in [0.29, 0.717) is 12.1 Å². The van der Waals surface area contributed by atoms with Crippen molar-refractivity contribution in [1.82, 2.24) is 10.6 Å². The van der Waals surface area contributed by atoms with Crippen LogP contribution in [-0.2, 0) is 17.8 Å². The first kappa shape index (κ1) is 17.7. The van der Waals surface area contributed by atoms with Crippen LogP contribution in [-0.4, -0.2) is 18.9 Å². The molecule has 0 aliphatic carbocycles. The molecule has 3 rings (SSSR count). The van der Waals surface area contributed by atoms with Crippen LogP contribution in [0.1, 0.15) is 32.6 Å². The highest BCUT2D eigenvalue weighted by molar-refractivity contribution is 5.94. The number of furan rings is 1. The Morgan fingerprint density at radius 1 is 1.12 bits per heavy atom. The van der Waals surface area contributed by atoms with Crippen molar-refractivity contribution < 1.29 is 14.0 Å². The normalized spacial score (nSPS) is 10.7. The molecule has 0 unspecified atom stereocenters. The van der Waals surface area contributed by atoms with E-state index < -0.39 is 0 Å². The summed E-state index contributed by atoms with van der Waals surface area (Å²) in [7, 11) is 1.59. The van der Waals surface area contributed by atoms with Crippen LogP contribution < -0.4 is 10.6 Å². The number of benzene rings is 2. The molecule has 0 atom stereocenters. The van der Waals surface area contributed by atoms with E-state index in [-0.39, 0.29) is 18.2 Å². The topological polar surface area (TPSA) is 71.3 Å². The molecule has 26 heavy (non-hydrogen) atoms. The lowest BCUT2D eigenvalue weighted by molar-refractivity contribution is -0.120. The summed E-state index contributed by atoms with van der Waals surface area (Å²) in [4.78, 5) is 24.0. The quantitative estimate of drug-likeness (QED) is 0.742. The molecule has 2 amide bonds. The first-order valence-corrected chi connectivity index (χ1v) is 8.53. The van der Waals surface area contributed by atoms with Crippen LogP contribution in [0.5, 0.6) is 0 Å². The van der Waals surface area contributed by atoms with E-state index in [1.165, 1.54) is 5.56 Å². The zero-order valence-corrected chi connectivity index (χ0v) is 15.2. The fourth-order valence-electron chi connectivity index (χ4n) is 2.93. The molecule has 0 radical (unpaired) electrons. The van der Waals surface area contributed by atoms with Gasteiger partial charge in [-0.05, 0) is 42.7 Å². The van der Waals surface area contributed by atoms with E-state index in [0.717, 1.165) is 27.7 Å². The second-order valence-electron chi connectivity index (χ2n) is 6.38. The highest BCUT2D eigenvalue weighted by Gasteiger charge is 2.13. The smallest absolute Gasteiger partial charge is 0.251 e. The molecule has 134 valence electrons. The Labute approximate surface area is 152 Å². The first-order chi connectivity index (χ1) is 12.5. The summed E-state index contributed by atoms with van der Waals surface area (Å²) in [6.45, 7) is 4.43. The molecular formula is C21H22N2O3. The van der Waals surface area contributed by atoms with Gasteiger partial charge in [0.25, 0.3) is 5.91 Å². The minimum Gasteiger partial charge on any atom is -0.464 e. The van der Waals surface area contributed by atoms with Crippen LogP contribution in [0, 0.1) is 13.8 Å². The van der Waals surface area contributed by atoms with E-state index in [2.05, 4.69) is 10.6 Å². The van der Waals surface area contributed by atoms with E-state index in [9.17, 15) is 9.59 Å². The molecule has 0 spiro atoms. The van der Waals surface area contributed by atoms with Crippen LogP contribution >= 0.6 is 0 Å². The number of rotatable bonds is 5. The third-order valence-corrected chi connectivity index (χ3v) is 4.60. The molecule has 0 saturated carbocycles. The number of carbonyl (C=O) groups excluding carboxylic acids is 2. The van der Waals surface area contributed by atoms with Crippen molar-refractivity contribution in [1.29, 1.82) is 0 Å². The number of hydrogen-bond donors (Lipinski definition) is 2. The molecule has 0 fully saturated rings. The van der Waals surface area contributed by atoms with Crippen molar-refractivity contribution in [3.63, 3.8) is 0 Å². The van der Waals surface area contributed by atoms with Crippen molar-refractivity contribution >= 4 is 22.8 Å². The Kier molecular flexibility index (Phi) is 5.07. The molecule has 0 bridgehead atoms. The number of fused-ring (bicyclic) bond motifs is 1. The van der Waals surface area contributed by atoms with Gasteiger partial charge in [-0.3, -0.25) is 9.59 Å². The van der Waals surface area contributed by atoms with E-state index in [1.54, 1.807) is 31.5 Å². The van der Waals surface area contributed by atoms with Gasteiger partial charge in [-0.25, -0.2) is 0 Å². The summed E-state index contributed by atoms with van der Waals surface area (Å²) in [6.07, 6.45) is 1.91. The molecule has 0 saturated heterocycles. The monoisotopic (exact) mass is 350 g/mol. The van der Waals surface area contributed by atoms with Gasteiger partial charge in [0.15, 0.2) is 0 Å². The Bertz CT molecular complexity index is 973. The van der Waals surface area contributed by atoms with Crippen LogP contribution in [0.3, 0.4) is 0 Å². The fourth-order valence-corrected chi connectivity index (χ4v) is 2.93. The summed E-state index contributed by atoms with van der Waals surface area (Å²) in [5.74, 6) is -0.231. The zero-order chi connectivity index (χ0) is 18.7. The lowest BCUT2D eigenvalue weighted by Gasteiger charge is -2.07. The van der Waals surface area contributed by atoms with Gasteiger partial charge in [0.1, 0.15) is 5.58 Å². The Balaban J connectivity index is 1.67. The van der Waals surface area contributed by atoms with Gasteiger partial charge in [0.05, 0.1) is 12.7 Å². The third-order valence-electron chi connectivity index (χ3n) is 4.60. The van der Waals surface area contributed by atoms with E-state index >= 15 is 0 Å². The third kappa shape index (κ3) is 3.61. The first-order valence-electron chi connectivity index (χ1n) is 8.53. The molecule has 0 aliphatic heterocycles. The Morgan fingerprint density at radius 3 is 2.69 bits per heavy atom. The van der Waals surface area contributed by atoms with Crippen molar-refractivity contribution in [2.24, 2.45) is 0 Å². The van der Waals surface area contributed by atoms with Crippen molar-refractivity contribution in [3.05, 3.63) is 70.5 Å². The largest absolute Gasteiger partial charge is 0.464 e. The molecule has 2 N–H and O–H groups in total. The molecule has 0 aliphatic rings. The zero-order valence-electron chi connectivity index (χ0n) is 15.2. The maximum atomic E-state index is 12.3. The van der Waals surface area contributed by atoms with Crippen LogP contribution in [0.2, 0.25) is 0 Å². The molecule has 5 nitrogen and oxygen atoms in total. The number of hydrogen-bond acceptors (Lipinski definition) is 3. The maximum Gasteiger partial charge on any atom is 0.251 e. The summed E-state index contributed by atoms with van der Waals surface area (Å²) >= 11 is 0. The number of nitrogens with one attached hydrogen (secondary N) is 2. The standard InChI is InChI=1S/C21H22N2O3/c1-13-7-8-18-17(12-26-20(18)14(13)2)10-19(24)23-11-15-5-4-6-16(9-15)21(25)22-3/h4-9,12H,10-11H2,1-3H3,(H,22,25)(H,23,24). The second-order valence-corrected chi connectivity index (χ2v) is 6.38. The van der Waals surface area contributed by atoms with Crippen molar-refractivity contribution in [2.45, 2.75) is 26.8 Å². The summed E-state index contributed by atoms with van der Waals surface area (Å²) in [5, 5.41) is 6.47. The van der Waals surface area contributed by atoms with E-state index in [4.69, 9.17) is 4.42 Å². The average Bonchev–Trinajstić information content (AvgIpc) is 3.06. The molecule has 1 aromatic heterocycles. The average molecular weight is 350 g/mol. The minimum atomic E-state index is -0.145. The highest BCUT2D eigenvalue weighted by Crippen LogP contribution is 2.26. The fraction of sp³-hybridized carbons (Fsp3) is 0.238. The van der Waals surface area contributed by atoms with Gasteiger partial charge in [-0.15, -0.1) is 0 Å². The van der Waals surface area contributed by atoms with Gasteiger partial charge < -0.3 is 15.1 Å². The number of amides is 2. The SMILES string of the molecule is CNC(=O)c1cccc(CNC(=O)Cc2coc3c(C)c(C)ccc23)c1. The van der Waals surface area contributed by atoms with Crippen LogP contribution in [0.25, 0.3) is 11.0 Å². The Hall–Kier alpha value is -3.08. The molecular weight excluding hydrogens is 328 g/mol. The predicted octanol–water partition coefficient (Wildman–Crippen LogP) is 3.27. The molecule has 3 aromatic rings. The summed E-state index contributed by atoms with van der Waals surface area (Å²) in [5.41, 5.74) is 5.43. The number of aryl methyl sites for hydroxylation is 2. The predicted molar refractivity (Wildman–Crippen MR) is 101 cm³/mol. The molecule has 2 aromatic carbocycles. The molecule has 5 heteroatoms. The van der Waals surface area contributed by atoms with Crippen LogP contribution in [0.15, 0.2) is 47.1 Å². The molecule has 1 heterocycles. The van der Waals surface area contributed by atoms with Crippen molar-refractivity contribution in [3.8, 4) is 0 Å². The van der Waals surface area contributed by atoms with Gasteiger partial charge in [-0.1, -0.05) is 24.3 Å². The highest BCUT2D eigenvalue weighted by atomic mass is 16.3. The van der Waals surface area contributed by atoms with Gasteiger partial charge in [0, 0.05) is 30.1 Å². The second kappa shape index (κ2) is 7.44. The maximum absolute atomic E-state index is 12.3. The summed E-state index contributed by atoms with van der Waals surface area (Å²) in [6, 6.07) is 11.2. The Morgan fingerprint density at radius 2 is 1.92 bits per heavy atom. The lowest BCUT2D eigenvalue weighted by atomic mass is 10.0. The lowest BCUT2D eigenvalue weighted by Crippen LogP contribution is -2.25. The van der Waals surface area contributed by atoms with Gasteiger partial charge in [0.2, 0.25) is 5.91 Å². The van der Waals surface area contributed by atoms with Gasteiger partial charge >= 0.3 is 0 Å². The van der Waals surface area contributed by atoms with Crippen LogP contribution in [0.4, 0.5) is 0 Å². The van der Waals surface area contributed by atoms with Crippen molar-refractivity contribution in [2.75, 3.05) is 7.05 Å². The summed E-state index contributed by atoms with van der Waals surface area (Å²) < 4.78 is 5.65. The van der Waals surface area contributed by atoms with E-state index in [1.807, 2.05) is 32.0 Å². The number of carbonyl (C=O) groups is 2. The van der Waals surface area contributed by atoms with Gasteiger partial charge in [-0.2, -0.15) is 0 Å².